The highest BCUT2D eigenvalue weighted by Gasteiger charge is 2.20. The molecule has 1 unspecified atom stereocenters. The minimum atomic E-state index is 0.639. The van der Waals surface area contributed by atoms with E-state index < -0.39 is 0 Å². The maximum absolute atomic E-state index is 4.59. The molecule has 2 nitrogen and oxygen atoms in total. The zero-order valence-electron chi connectivity index (χ0n) is 11.0. The molecule has 0 amide bonds. The van der Waals surface area contributed by atoms with Crippen LogP contribution in [-0.2, 0) is 0 Å². The largest absolute Gasteiger partial charge is 0.335 e. The van der Waals surface area contributed by atoms with Crippen LogP contribution in [-0.4, -0.2) is 17.0 Å². The molecule has 1 aromatic carbocycles. The lowest BCUT2D eigenvalue weighted by Gasteiger charge is -2.12. The smallest absolute Gasteiger partial charge is 0.161 e. The van der Waals surface area contributed by atoms with E-state index in [9.17, 15) is 0 Å². The van der Waals surface area contributed by atoms with Gasteiger partial charge in [0.15, 0.2) is 5.17 Å². The lowest BCUT2D eigenvalue weighted by Crippen LogP contribution is -2.10. The maximum atomic E-state index is 4.59. The number of hydrogen-bond acceptors (Lipinski definition) is 3. The van der Waals surface area contributed by atoms with E-state index >= 15 is 0 Å². The quantitative estimate of drug-likeness (QED) is 0.871. The van der Waals surface area contributed by atoms with Crippen LogP contribution in [0.4, 0.5) is 5.69 Å². The number of benzene rings is 1. The zero-order valence-corrected chi connectivity index (χ0v) is 13.4. The Balaban J connectivity index is 1.97. The SMILES string of the molecule is Cc1c(Br)cccc1NC1=NCC(CC(C)C)S1. The van der Waals surface area contributed by atoms with Gasteiger partial charge in [-0.05, 0) is 37.0 Å². The van der Waals surface area contributed by atoms with Gasteiger partial charge in [-0.25, -0.2) is 0 Å². The minimum absolute atomic E-state index is 0.639. The summed E-state index contributed by atoms with van der Waals surface area (Å²) in [4.78, 5) is 4.59. The molecule has 0 spiro atoms. The van der Waals surface area contributed by atoms with Gasteiger partial charge in [-0.15, -0.1) is 0 Å². The van der Waals surface area contributed by atoms with Crippen molar-refractivity contribution in [2.75, 3.05) is 11.9 Å². The number of thioether (sulfide) groups is 1. The third-order valence-corrected chi connectivity index (χ3v) is 4.95. The molecule has 2 rings (SSSR count). The summed E-state index contributed by atoms with van der Waals surface area (Å²) in [6.45, 7) is 7.59. The summed E-state index contributed by atoms with van der Waals surface area (Å²) in [6.07, 6.45) is 1.23. The van der Waals surface area contributed by atoms with Crippen LogP contribution in [0.15, 0.2) is 27.7 Å². The highest BCUT2D eigenvalue weighted by molar-refractivity contribution is 9.10. The van der Waals surface area contributed by atoms with Gasteiger partial charge in [-0.3, -0.25) is 4.99 Å². The Morgan fingerprint density at radius 1 is 1.50 bits per heavy atom. The van der Waals surface area contributed by atoms with E-state index in [0.717, 1.165) is 27.8 Å². The molecule has 0 aromatic heterocycles. The number of anilines is 1. The van der Waals surface area contributed by atoms with E-state index in [1.165, 1.54) is 12.0 Å². The maximum Gasteiger partial charge on any atom is 0.161 e. The Labute approximate surface area is 122 Å². The molecule has 4 heteroatoms. The second-order valence-corrected chi connectivity index (χ2v) is 7.20. The Hall–Kier alpha value is -0.480. The van der Waals surface area contributed by atoms with Crippen LogP contribution in [0.5, 0.6) is 0 Å². The molecule has 1 heterocycles. The summed E-state index contributed by atoms with van der Waals surface area (Å²) in [6, 6.07) is 6.20. The summed E-state index contributed by atoms with van der Waals surface area (Å²) in [5.41, 5.74) is 2.37. The van der Waals surface area contributed by atoms with Crippen LogP contribution in [0.1, 0.15) is 25.8 Å². The molecule has 98 valence electrons. The predicted octanol–water partition coefficient (Wildman–Crippen LogP) is 4.69. The number of rotatable bonds is 3. The van der Waals surface area contributed by atoms with Gasteiger partial charge in [0.25, 0.3) is 0 Å². The van der Waals surface area contributed by atoms with Crippen molar-refractivity contribution in [1.29, 1.82) is 0 Å². The molecular formula is C14H19BrN2S. The molecule has 1 aliphatic rings. The Kier molecular flexibility index (Phi) is 4.73. The van der Waals surface area contributed by atoms with Crippen molar-refractivity contribution in [3.63, 3.8) is 0 Å². The van der Waals surface area contributed by atoms with Gasteiger partial charge in [-0.2, -0.15) is 0 Å². The van der Waals surface area contributed by atoms with Crippen molar-refractivity contribution < 1.29 is 0 Å². The summed E-state index contributed by atoms with van der Waals surface area (Å²) in [5, 5.41) is 5.13. The van der Waals surface area contributed by atoms with Gasteiger partial charge in [-0.1, -0.05) is 47.6 Å². The Bertz CT molecular complexity index is 457. The van der Waals surface area contributed by atoms with Crippen LogP contribution in [0.25, 0.3) is 0 Å². The number of halogens is 1. The van der Waals surface area contributed by atoms with Crippen LogP contribution >= 0.6 is 27.7 Å². The number of amidine groups is 1. The fourth-order valence-corrected chi connectivity index (χ4v) is 3.62. The number of nitrogens with one attached hydrogen (secondary N) is 1. The van der Waals surface area contributed by atoms with E-state index in [1.807, 2.05) is 17.8 Å². The first-order valence-corrected chi connectivity index (χ1v) is 7.96. The van der Waals surface area contributed by atoms with Gasteiger partial charge in [0, 0.05) is 15.4 Å². The van der Waals surface area contributed by atoms with Crippen LogP contribution < -0.4 is 5.32 Å². The van der Waals surface area contributed by atoms with Crippen LogP contribution in [0, 0.1) is 12.8 Å². The molecule has 0 aliphatic carbocycles. The van der Waals surface area contributed by atoms with Crippen molar-refractivity contribution in [1.82, 2.24) is 0 Å². The fourth-order valence-electron chi connectivity index (χ4n) is 1.99. The standard InChI is InChI=1S/C14H19BrN2S/c1-9(2)7-11-8-16-14(18-11)17-13-6-4-5-12(15)10(13)3/h4-6,9,11H,7-8H2,1-3H3,(H,16,17). The lowest BCUT2D eigenvalue weighted by atomic mass is 10.1. The Morgan fingerprint density at radius 2 is 2.28 bits per heavy atom. The predicted molar refractivity (Wildman–Crippen MR) is 85.6 cm³/mol. The molecule has 0 saturated carbocycles. The van der Waals surface area contributed by atoms with Crippen LogP contribution in [0.2, 0.25) is 0 Å². The second-order valence-electron chi connectivity index (χ2n) is 5.05. The molecule has 0 fully saturated rings. The molecule has 1 aliphatic heterocycles. The molecule has 1 aromatic rings. The van der Waals surface area contributed by atoms with E-state index in [4.69, 9.17) is 0 Å². The van der Waals surface area contributed by atoms with Gasteiger partial charge < -0.3 is 5.32 Å². The normalized spacial score (nSPS) is 19.2. The third kappa shape index (κ3) is 3.51. The van der Waals surface area contributed by atoms with Crippen molar-refractivity contribution in [3.8, 4) is 0 Å². The molecular weight excluding hydrogens is 308 g/mol. The molecule has 1 N–H and O–H groups in total. The summed E-state index contributed by atoms with van der Waals surface area (Å²) < 4.78 is 1.13. The van der Waals surface area contributed by atoms with Crippen molar-refractivity contribution in [2.24, 2.45) is 10.9 Å². The molecule has 0 bridgehead atoms. The van der Waals surface area contributed by atoms with E-state index in [-0.39, 0.29) is 0 Å². The summed E-state index contributed by atoms with van der Waals surface area (Å²) in [7, 11) is 0. The monoisotopic (exact) mass is 326 g/mol. The van der Waals surface area contributed by atoms with Crippen molar-refractivity contribution in [3.05, 3.63) is 28.2 Å². The van der Waals surface area contributed by atoms with E-state index in [1.54, 1.807) is 0 Å². The topological polar surface area (TPSA) is 24.4 Å². The zero-order chi connectivity index (χ0) is 13.1. The number of nitrogens with zero attached hydrogens (tertiary/aromatic N) is 1. The first kappa shape index (κ1) is 13.9. The number of aliphatic imine (C=N–C) groups is 1. The van der Waals surface area contributed by atoms with E-state index in [2.05, 4.69) is 59.1 Å². The second kappa shape index (κ2) is 6.11. The summed E-state index contributed by atoms with van der Waals surface area (Å²) >= 11 is 5.43. The lowest BCUT2D eigenvalue weighted by molar-refractivity contribution is 0.575. The minimum Gasteiger partial charge on any atom is -0.335 e. The van der Waals surface area contributed by atoms with Gasteiger partial charge in [0.1, 0.15) is 0 Å². The van der Waals surface area contributed by atoms with Gasteiger partial charge >= 0.3 is 0 Å². The highest BCUT2D eigenvalue weighted by Crippen LogP contribution is 2.29. The first-order valence-electron chi connectivity index (χ1n) is 6.29. The highest BCUT2D eigenvalue weighted by atomic mass is 79.9. The number of hydrogen-bond donors (Lipinski definition) is 1. The third-order valence-electron chi connectivity index (χ3n) is 2.96. The molecule has 1 atom stereocenters. The van der Waals surface area contributed by atoms with Gasteiger partial charge in [0.2, 0.25) is 0 Å². The Morgan fingerprint density at radius 3 is 3.00 bits per heavy atom. The fraction of sp³-hybridized carbons (Fsp3) is 0.500. The average molecular weight is 327 g/mol. The molecule has 0 radical (unpaired) electrons. The average Bonchev–Trinajstić information content (AvgIpc) is 2.71. The summed E-state index contributed by atoms with van der Waals surface area (Å²) in [5.74, 6) is 0.740. The van der Waals surface area contributed by atoms with Gasteiger partial charge in [0.05, 0.1) is 6.54 Å². The van der Waals surface area contributed by atoms with Crippen molar-refractivity contribution in [2.45, 2.75) is 32.4 Å². The van der Waals surface area contributed by atoms with Crippen molar-refractivity contribution >= 4 is 38.5 Å². The van der Waals surface area contributed by atoms with E-state index in [0.29, 0.717) is 5.25 Å². The molecule has 18 heavy (non-hydrogen) atoms. The van der Waals surface area contributed by atoms with Crippen LogP contribution in [0.3, 0.4) is 0 Å². The first-order chi connectivity index (χ1) is 8.56. The molecule has 0 saturated heterocycles.